The average Bonchev–Trinajstić information content (AvgIpc) is 3.18. The van der Waals surface area contributed by atoms with Gasteiger partial charge in [0.25, 0.3) is 0 Å². The molecule has 1 aromatic heterocycles. The highest BCUT2D eigenvalue weighted by Gasteiger charge is 2.22. The van der Waals surface area contributed by atoms with Gasteiger partial charge in [0.05, 0.1) is 29.2 Å². The quantitative estimate of drug-likeness (QED) is 0.449. The lowest BCUT2D eigenvalue weighted by molar-refractivity contribution is -0.116. The maximum atomic E-state index is 13.3. The zero-order valence-electron chi connectivity index (χ0n) is 17.8. The van der Waals surface area contributed by atoms with Gasteiger partial charge < -0.3 is 4.74 Å². The molecule has 0 N–H and O–H groups in total. The summed E-state index contributed by atoms with van der Waals surface area (Å²) in [4.78, 5) is 23.4. The summed E-state index contributed by atoms with van der Waals surface area (Å²) >= 11 is 9.34. The second-order valence-electron chi connectivity index (χ2n) is 7.67. The Bertz CT molecular complexity index is 1050. The van der Waals surface area contributed by atoms with Gasteiger partial charge in [-0.1, -0.05) is 40.6 Å². The minimum Gasteiger partial charge on any atom is -0.379 e. The topological polar surface area (TPSA) is 45.7 Å². The van der Waals surface area contributed by atoms with E-state index in [2.05, 4.69) is 36.1 Å². The van der Waals surface area contributed by atoms with Crippen molar-refractivity contribution in [3.05, 3.63) is 52.5 Å². The molecule has 0 unspecified atom stereocenters. The number of thiazole rings is 1. The Morgan fingerprint density at radius 2 is 1.97 bits per heavy atom. The molecule has 8 heteroatoms. The van der Waals surface area contributed by atoms with Crippen LogP contribution >= 0.6 is 34.7 Å². The molecule has 5 nitrogen and oxygen atoms in total. The largest absolute Gasteiger partial charge is 0.379 e. The summed E-state index contributed by atoms with van der Waals surface area (Å²) in [6.07, 6.45) is 0. The molecule has 31 heavy (non-hydrogen) atoms. The number of fused-ring (bicyclic) bond motifs is 1. The number of thioether (sulfide) groups is 1. The van der Waals surface area contributed by atoms with E-state index >= 15 is 0 Å². The van der Waals surface area contributed by atoms with Gasteiger partial charge in [-0.2, -0.15) is 0 Å². The van der Waals surface area contributed by atoms with Crippen LogP contribution in [0.3, 0.4) is 0 Å². The third-order valence-electron chi connectivity index (χ3n) is 5.30. The van der Waals surface area contributed by atoms with Crippen LogP contribution in [0, 0.1) is 13.8 Å². The number of carbonyl (C=O) groups is 1. The Kier molecular flexibility index (Phi) is 7.51. The number of aryl methyl sites for hydroxylation is 2. The highest BCUT2D eigenvalue weighted by atomic mass is 35.5. The van der Waals surface area contributed by atoms with Crippen molar-refractivity contribution in [2.24, 2.45) is 0 Å². The van der Waals surface area contributed by atoms with E-state index in [0.29, 0.717) is 17.3 Å². The Labute approximate surface area is 196 Å². The molecule has 0 radical (unpaired) electrons. The van der Waals surface area contributed by atoms with Gasteiger partial charge in [-0.25, -0.2) is 4.98 Å². The van der Waals surface area contributed by atoms with Crippen molar-refractivity contribution in [1.82, 2.24) is 9.88 Å². The summed E-state index contributed by atoms with van der Waals surface area (Å²) in [6.45, 7) is 8.77. The summed E-state index contributed by atoms with van der Waals surface area (Å²) in [7, 11) is 0. The summed E-state index contributed by atoms with van der Waals surface area (Å²) < 4.78 is 6.46. The number of hydrogen-bond donors (Lipinski definition) is 0. The molecule has 1 fully saturated rings. The number of amides is 1. The number of halogens is 1. The van der Waals surface area contributed by atoms with Gasteiger partial charge in [-0.3, -0.25) is 14.6 Å². The molecule has 4 rings (SSSR count). The van der Waals surface area contributed by atoms with E-state index in [4.69, 9.17) is 21.3 Å². The smallest absolute Gasteiger partial charge is 0.239 e. The van der Waals surface area contributed by atoms with Crippen LogP contribution in [0.25, 0.3) is 10.2 Å². The lowest BCUT2D eigenvalue weighted by Gasteiger charge is -2.29. The lowest BCUT2D eigenvalue weighted by atomic mass is 10.2. The van der Waals surface area contributed by atoms with E-state index < -0.39 is 0 Å². The first kappa shape index (κ1) is 22.6. The summed E-state index contributed by atoms with van der Waals surface area (Å²) in [5.41, 5.74) is 3.16. The molecule has 0 bridgehead atoms. The van der Waals surface area contributed by atoms with E-state index in [-0.39, 0.29) is 5.91 Å². The molecular formula is C23H26ClN3O2S2. The number of anilines is 1. The lowest BCUT2D eigenvalue weighted by Crippen LogP contribution is -2.43. The van der Waals surface area contributed by atoms with Gasteiger partial charge in [0, 0.05) is 36.1 Å². The number of nitrogens with zero attached hydrogens (tertiary/aromatic N) is 3. The van der Waals surface area contributed by atoms with Crippen LogP contribution < -0.4 is 4.90 Å². The number of rotatable bonds is 7. The molecule has 164 valence electrons. The van der Waals surface area contributed by atoms with Crippen molar-refractivity contribution in [3.8, 4) is 0 Å². The second kappa shape index (κ2) is 10.3. The normalized spacial score (nSPS) is 14.8. The van der Waals surface area contributed by atoms with Crippen LogP contribution in [0.1, 0.15) is 11.1 Å². The SMILES string of the molecule is Cc1ccc(SCC(=O)N(CCN2CCOCC2)c2nc3c(C)cc(Cl)cc3s2)cc1. The fourth-order valence-electron chi connectivity index (χ4n) is 3.51. The monoisotopic (exact) mass is 475 g/mol. The van der Waals surface area contributed by atoms with Crippen LogP contribution in [0.5, 0.6) is 0 Å². The van der Waals surface area contributed by atoms with Gasteiger partial charge in [0.15, 0.2) is 5.13 Å². The van der Waals surface area contributed by atoms with E-state index in [0.717, 1.165) is 58.7 Å². The Morgan fingerprint density at radius 1 is 1.23 bits per heavy atom. The van der Waals surface area contributed by atoms with Crippen molar-refractivity contribution in [2.75, 3.05) is 50.0 Å². The maximum Gasteiger partial charge on any atom is 0.239 e. The van der Waals surface area contributed by atoms with Crippen molar-refractivity contribution in [2.45, 2.75) is 18.7 Å². The number of morpholine rings is 1. The van der Waals surface area contributed by atoms with Crippen LogP contribution in [-0.2, 0) is 9.53 Å². The van der Waals surface area contributed by atoms with Crippen LogP contribution in [-0.4, -0.2) is 60.9 Å². The predicted octanol–water partition coefficient (Wildman–Crippen LogP) is 5.02. The number of hydrogen-bond acceptors (Lipinski definition) is 6. The number of carbonyl (C=O) groups excluding carboxylic acids is 1. The van der Waals surface area contributed by atoms with Crippen molar-refractivity contribution in [1.29, 1.82) is 0 Å². The average molecular weight is 476 g/mol. The standard InChI is InChI=1S/C23H26ClN3O2S2/c1-16-3-5-19(6-4-16)30-15-21(28)27(8-7-26-9-11-29-12-10-26)23-25-22-17(2)13-18(24)14-20(22)31-23/h3-6,13-14H,7-12,15H2,1-2H3. The van der Waals surface area contributed by atoms with Crippen molar-refractivity contribution in [3.63, 3.8) is 0 Å². The van der Waals surface area contributed by atoms with Gasteiger partial charge in [-0.05, 0) is 43.7 Å². The third-order valence-corrected chi connectivity index (χ3v) is 7.54. The first-order chi connectivity index (χ1) is 15.0. The number of ether oxygens (including phenoxy) is 1. The first-order valence-electron chi connectivity index (χ1n) is 10.4. The molecule has 1 aliphatic rings. The summed E-state index contributed by atoms with van der Waals surface area (Å²) in [5, 5.41) is 1.43. The molecule has 0 atom stereocenters. The summed E-state index contributed by atoms with van der Waals surface area (Å²) in [6, 6.07) is 12.1. The van der Waals surface area contributed by atoms with Gasteiger partial charge in [0.1, 0.15) is 0 Å². The van der Waals surface area contributed by atoms with E-state index in [1.54, 1.807) is 11.8 Å². The zero-order chi connectivity index (χ0) is 21.8. The first-order valence-corrected chi connectivity index (χ1v) is 12.5. The Hall–Kier alpha value is -1.64. The molecule has 2 heterocycles. The minimum atomic E-state index is 0.0710. The summed E-state index contributed by atoms with van der Waals surface area (Å²) in [5.74, 6) is 0.448. The molecule has 0 spiro atoms. The van der Waals surface area contributed by atoms with Gasteiger partial charge in [-0.15, -0.1) is 11.8 Å². The molecule has 3 aromatic rings. The highest BCUT2D eigenvalue weighted by molar-refractivity contribution is 8.00. The van der Waals surface area contributed by atoms with Crippen molar-refractivity contribution >= 4 is 56.0 Å². The van der Waals surface area contributed by atoms with Gasteiger partial charge >= 0.3 is 0 Å². The number of aromatic nitrogens is 1. The molecule has 2 aromatic carbocycles. The predicted molar refractivity (Wildman–Crippen MR) is 131 cm³/mol. The molecule has 1 amide bonds. The van der Waals surface area contributed by atoms with Gasteiger partial charge in [0.2, 0.25) is 5.91 Å². The van der Waals surface area contributed by atoms with E-state index in [9.17, 15) is 4.79 Å². The molecule has 0 saturated carbocycles. The number of benzene rings is 2. The van der Waals surface area contributed by atoms with E-state index in [1.807, 2.05) is 24.0 Å². The molecular weight excluding hydrogens is 450 g/mol. The third kappa shape index (κ3) is 5.79. The fraction of sp³-hybridized carbons (Fsp3) is 0.391. The molecule has 1 aliphatic heterocycles. The highest BCUT2D eigenvalue weighted by Crippen LogP contribution is 2.33. The maximum absolute atomic E-state index is 13.3. The van der Waals surface area contributed by atoms with Crippen LogP contribution in [0.2, 0.25) is 5.02 Å². The second-order valence-corrected chi connectivity index (χ2v) is 10.2. The Balaban J connectivity index is 1.53. The zero-order valence-corrected chi connectivity index (χ0v) is 20.2. The molecule has 1 saturated heterocycles. The molecule has 0 aliphatic carbocycles. The fourth-order valence-corrected chi connectivity index (χ4v) is 5.75. The van der Waals surface area contributed by atoms with Crippen molar-refractivity contribution < 1.29 is 9.53 Å². The van der Waals surface area contributed by atoms with Crippen LogP contribution in [0.4, 0.5) is 5.13 Å². The van der Waals surface area contributed by atoms with Crippen LogP contribution in [0.15, 0.2) is 41.3 Å². The minimum absolute atomic E-state index is 0.0710. The van der Waals surface area contributed by atoms with E-state index in [1.165, 1.54) is 16.9 Å². The Morgan fingerprint density at radius 3 is 2.71 bits per heavy atom.